The van der Waals surface area contributed by atoms with E-state index in [0.717, 1.165) is 33.4 Å². The number of anilines is 1. The second-order valence-corrected chi connectivity index (χ2v) is 9.32. The van der Waals surface area contributed by atoms with Crippen LogP contribution in [-0.4, -0.2) is 21.7 Å². The summed E-state index contributed by atoms with van der Waals surface area (Å²) < 4.78 is 6.01. The van der Waals surface area contributed by atoms with Crippen molar-refractivity contribution in [1.82, 2.24) is 4.98 Å². The summed E-state index contributed by atoms with van der Waals surface area (Å²) >= 11 is 6.11. The summed E-state index contributed by atoms with van der Waals surface area (Å²) in [5.74, 6) is -0.391. The predicted octanol–water partition coefficient (Wildman–Crippen LogP) is 7.69. The number of pyridine rings is 1. The third-order valence-electron chi connectivity index (χ3n) is 5.98. The SMILES string of the molecule is CCCC(C)(Oc1ccccc1CNc1cccc(/C=C/c2ccc3ccc(Cl)cc3n2)c1)C(=O)O. The molecule has 0 aliphatic rings. The van der Waals surface area contributed by atoms with Crippen LogP contribution in [0.15, 0.2) is 78.9 Å². The molecule has 0 fully saturated rings. The van der Waals surface area contributed by atoms with Gasteiger partial charge in [-0.1, -0.05) is 73.5 Å². The van der Waals surface area contributed by atoms with Crippen LogP contribution in [0.1, 0.15) is 43.5 Å². The Morgan fingerprint density at radius 1 is 1.06 bits per heavy atom. The summed E-state index contributed by atoms with van der Waals surface area (Å²) in [6.45, 7) is 4.07. The first kappa shape index (κ1) is 25.3. The highest BCUT2D eigenvalue weighted by Crippen LogP contribution is 2.27. The summed E-state index contributed by atoms with van der Waals surface area (Å²) in [6.07, 6.45) is 5.14. The van der Waals surface area contributed by atoms with Crippen LogP contribution in [0.4, 0.5) is 5.69 Å². The number of ether oxygens (including phenoxy) is 1. The molecule has 0 spiro atoms. The Balaban J connectivity index is 1.46. The first-order chi connectivity index (χ1) is 17.4. The summed E-state index contributed by atoms with van der Waals surface area (Å²) in [5.41, 5.74) is 3.30. The van der Waals surface area contributed by atoms with Crippen molar-refractivity contribution < 1.29 is 14.6 Å². The van der Waals surface area contributed by atoms with E-state index < -0.39 is 11.6 Å². The van der Waals surface area contributed by atoms with E-state index in [4.69, 9.17) is 16.3 Å². The van der Waals surface area contributed by atoms with E-state index in [1.165, 1.54) is 0 Å². The minimum absolute atomic E-state index is 0.428. The van der Waals surface area contributed by atoms with Crippen LogP contribution in [0.2, 0.25) is 5.02 Å². The minimum atomic E-state index is -1.27. The Morgan fingerprint density at radius 2 is 1.86 bits per heavy atom. The second kappa shape index (κ2) is 11.3. The Kier molecular flexibility index (Phi) is 7.91. The van der Waals surface area contributed by atoms with Crippen molar-refractivity contribution in [2.45, 2.75) is 38.8 Å². The second-order valence-electron chi connectivity index (χ2n) is 8.88. The number of aliphatic carboxylic acids is 1. The molecule has 4 rings (SSSR count). The lowest BCUT2D eigenvalue weighted by atomic mass is 10.0. The number of hydrogen-bond acceptors (Lipinski definition) is 4. The van der Waals surface area contributed by atoms with Crippen LogP contribution < -0.4 is 10.1 Å². The van der Waals surface area contributed by atoms with Gasteiger partial charge in [-0.15, -0.1) is 0 Å². The molecule has 0 radical (unpaired) electrons. The average molecular weight is 501 g/mol. The van der Waals surface area contributed by atoms with Gasteiger partial charge in [0.25, 0.3) is 0 Å². The molecule has 0 bridgehead atoms. The highest BCUT2D eigenvalue weighted by Gasteiger charge is 2.35. The largest absolute Gasteiger partial charge is 0.478 e. The topological polar surface area (TPSA) is 71.5 Å². The van der Waals surface area contributed by atoms with E-state index in [2.05, 4.69) is 16.4 Å². The molecular formula is C30H29ClN2O3. The van der Waals surface area contributed by atoms with E-state index in [9.17, 15) is 9.90 Å². The maximum absolute atomic E-state index is 11.8. The van der Waals surface area contributed by atoms with Crippen molar-refractivity contribution in [3.8, 4) is 5.75 Å². The lowest BCUT2D eigenvalue weighted by molar-refractivity contribution is -0.154. The van der Waals surface area contributed by atoms with Crippen LogP contribution in [0.5, 0.6) is 5.75 Å². The number of fused-ring (bicyclic) bond motifs is 1. The molecule has 0 saturated heterocycles. The smallest absolute Gasteiger partial charge is 0.347 e. The molecule has 0 saturated carbocycles. The van der Waals surface area contributed by atoms with Gasteiger partial charge in [0.2, 0.25) is 5.60 Å². The standard InChI is InChI=1S/C30H29ClN2O3/c1-3-17-30(2,29(34)35)36-28-10-5-4-8-23(28)20-32-26-9-6-7-21(18-26)11-15-25-16-13-22-12-14-24(31)19-27(22)33-25/h4-16,18-19,32H,3,17,20H2,1-2H3,(H,34,35)/b15-11+. The summed E-state index contributed by atoms with van der Waals surface area (Å²) in [6, 6.07) is 25.3. The number of para-hydroxylation sites is 1. The van der Waals surface area contributed by atoms with Crippen molar-refractivity contribution >= 4 is 46.3 Å². The molecule has 1 unspecified atom stereocenters. The number of benzene rings is 3. The number of rotatable bonds is 10. The van der Waals surface area contributed by atoms with E-state index in [1.807, 2.05) is 91.9 Å². The van der Waals surface area contributed by atoms with E-state index in [1.54, 1.807) is 6.92 Å². The van der Waals surface area contributed by atoms with Crippen LogP contribution >= 0.6 is 11.6 Å². The van der Waals surface area contributed by atoms with Gasteiger partial charge in [-0.25, -0.2) is 9.78 Å². The number of hydrogen-bond donors (Lipinski definition) is 2. The monoisotopic (exact) mass is 500 g/mol. The van der Waals surface area contributed by atoms with Crippen molar-refractivity contribution in [2.24, 2.45) is 0 Å². The number of nitrogens with zero attached hydrogens (tertiary/aromatic N) is 1. The highest BCUT2D eigenvalue weighted by molar-refractivity contribution is 6.31. The number of carboxylic acids is 1. The predicted molar refractivity (Wildman–Crippen MR) is 147 cm³/mol. The lowest BCUT2D eigenvalue weighted by Gasteiger charge is -2.27. The third kappa shape index (κ3) is 6.23. The Morgan fingerprint density at radius 3 is 2.67 bits per heavy atom. The Bertz CT molecular complexity index is 1400. The van der Waals surface area contributed by atoms with Gasteiger partial charge >= 0.3 is 5.97 Å². The lowest BCUT2D eigenvalue weighted by Crippen LogP contribution is -2.41. The summed E-state index contributed by atoms with van der Waals surface area (Å²) in [7, 11) is 0. The van der Waals surface area contributed by atoms with Crippen molar-refractivity contribution in [2.75, 3.05) is 5.32 Å². The minimum Gasteiger partial charge on any atom is -0.478 e. The third-order valence-corrected chi connectivity index (χ3v) is 6.21. The average Bonchev–Trinajstić information content (AvgIpc) is 2.87. The van der Waals surface area contributed by atoms with Crippen LogP contribution in [-0.2, 0) is 11.3 Å². The molecule has 4 aromatic rings. The number of nitrogens with one attached hydrogen (secondary N) is 1. The fourth-order valence-corrected chi connectivity index (χ4v) is 4.17. The number of carbonyl (C=O) groups is 1. The van der Waals surface area contributed by atoms with E-state index in [-0.39, 0.29) is 0 Å². The zero-order valence-corrected chi connectivity index (χ0v) is 21.1. The van der Waals surface area contributed by atoms with Crippen molar-refractivity contribution in [3.05, 3.63) is 101 Å². The first-order valence-corrected chi connectivity index (χ1v) is 12.3. The molecule has 1 heterocycles. The Hall–Kier alpha value is -3.83. The number of aromatic nitrogens is 1. The molecule has 0 aliphatic heterocycles. The zero-order chi connectivity index (χ0) is 25.5. The molecule has 3 aromatic carbocycles. The van der Waals surface area contributed by atoms with Crippen LogP contribution in [0, 0.1) is 0 Å². The molecule has 1 atom stereocenters. The molecule has 5 nitrogen and oxygen atoms in total. The first-order valence-electron chi connectivity index (χ1n) is 11.9. The number of carboxylic acid groups (broad SMARTS) is 1. The van der Waals surface area contributed by atoms with Gasteiger partial charge in [0.15, 0.2) is 0 Å². The van der Waals surface area contributed by atoms with Crippen molar-refractivity contribution in [3.63, 3.8) is 0 Å². The molecule has 6 heteroatoms. The highest BCUT2D eigenvalue weighted by atomic mass is 35.5. The quantitative estimate of drug-likeness (QED) is 0.233. The van der Waals surface area contributed by atoms with Gasteiger partial charge in [-0.2, -0.15) is 0 Å². The van der Waals surface area contributed by atoms with E-state index >= 15 is 0 Å². The molecule has 2 N–H and O–H groups in total. The van der Waals surface area contributed by atoms with E-state index in [0.29, 0.717) is 30.2 Å². The molecule has 0 amide bonds. The zero-order valence-electron chi connectivity index (χ0n) is 20.4. The molecular weight excluding hydrogens is 472 g/mol. The fraction of sp³-hybridized carbons (Fsp3) is 0.200. The van der Waals surface area contributed by atoms with Crippen LogP contribution in [0.3, 0.4) is 0 Å². The molecule has 36 heavy (non-hydrogen) atoms. The fourth-order valence-electron chi connectivity index (χ4n) is 4.00. The van der Waals surface area contributed by atoms with Gasteiger partial charge in [0, 0.05) is 28.2 Å². The number of halogens is 1. The summed E-state index contributed by atoms with van der Waals surface area (Å²) in [5, 5.41) is 14.8. The van der Waals surface area contributed by atoms with Gasteiger partial charge in [0.05, 0.1) is 11.2 Å². The Labute approximate surface area is 216 Å². The maximum Gasteiger partial charge on any atom is 0.347 e. The summed E-state index contributed by atoms with van der Waals surface area (Å²) in [4.78, 5) is 16.5. The van der Waals surface area contributed by atoms with Gasteiger partial charge in [0.1, 0.15) is 5.75 Å². The van der Waals surface area contributed by atoms with Crippen molar-refractivity contribution in [1.29, 1.82) is 0 Å². The van der Waals surface area contributed by atoms with Crippen LogP contribution in [0.25, 0.3) is 23.1 Å². The molecule has 1 aromatic heterocycles. The molecule has 0 aliphatic carbocycles. The maximum atomic E-state index is 11.8. The van der Waals surface area contributed by atoms with Gasteiger partial charge in [-0.3, -0.25) is 0 Å². The molecule has 184 valence electrons. The normalized spacial score (nSPS) is 13.0. The van der Waals surface area contributed by atoms with Gasteiger partial charge in [-0.05, 0) is 61.4 Å². The van der Waals surface area contributed by atoms with Gasteiger partial charge < -0.3 is 15.2 Å².